The molecule has 0 bridgehead atoms. The lowest BCUT2D eigenvalue weighted by Crippen LogP contribution is -1.90. The van der Waals surface area contributed by atoms with Crippen LogP contribution in [0, 0.1) is 0 Å². The van der Waals surface area contributed by atoms with Gasteiger partial charge in [-0.2, -0.15) is 0 Å². The topological polar surface area (TPSA) is 3.01 Å². The van der Waals surface area contributed by atoms with Crippen LogP contribution in [-0.4, -0.2) is 24.0 Å². The molecule has 2 aliphatic heterocycles. The first kappa shape index (κ1) is 3.03. The van der Waals surface area contributed by atoms with Crippen LogP contribution in [0.4, 0.5) is 0 Å². The zero-order valence-electron chi connectivity index (χ0n) is 3.85. The van der Waals surface area contributed by atoms with Crippen LogP contribution < -0.4 is 0 Å². The van der Waals surface area contributed by atoms with E-state index in [1.54, 1.807) is 0 Å². The van der Waals surface area contributed by atoms with E-state index in [9.17, 15) is 0 Å². The second-order valence-electron chi connectivity index (χ2n) is 2.29. The van der Waals surface area contributed by atoms with Gasteiger partial charge in [-0.15, -0.1) is 0 Å². The molecule has 0 aromatic carbocycles. The minimum Gasteiger partial charge on any atom is -0.298 e. The zero-order valence-corrected chi connectivity index (χ0v) is 3.85. The van der Waals surface area contributed by atoms with Crippen LogP contribution in [0.2, 0.25) is 0 Å². The van der Waals surface area contributed by atoms with Gasteiger partial charge in [0.15, 0.2) is 0 Å². The van der Waals surface area contributed by atoms with E-state index in [4.69, 9.17) is 0 Å². The van der Waals surface area contributed by atoms with Gasteiger partial charge in [-0.1, -0.05) is 0 Å². The molecule has 1 unspecified atom stereocenters. The summed E-state index contributed by atoms with van der Waals surface area (Å²) in [5.74, 6) is 0. The second kappa shape index (κ2) is 0.784. The molecule has 6 heavy (non-hydrogen) atoms. The molecule has 34 valence electrons. The third kappa shape index (κ3) is 0.243. The number of nitrogens with zero attached hydrogens (tertiary/aromatic N) is 1. The predicted octanol–water partition coefficient (Wildman–Crippen LogP) is 0.464. The lowest BCUT2D eigenvalue weighted by molar-refractivity contribution is 0.593. The van der Waals surface area contributed by atoms with Crippen LogP contribution >= 0.6 is 0 Å². The molecule has 2 heterocycles. The molecule has 0 radical (unpaired) electrons. The SMILES string of the molecule is C1C[C@H]2CN2C1. The highest BCUT2D eigenvalue weighted by Crippen LogP contribution is 2.28. The first-order chi connectivity index (χ1) is 2.97. The molecule has 2 aliphatic rings. The Balaban J connectivity index is 2.09. The number of fused-ring (bicyclic) bond motifs is 1. The number of hydrogen-bond acceptors (Lipinski definition) is 1. The number of piperidine rings is 1. The average molecular weight is 83.1 g/mol. The molecule has 2 saturated heterocycles. The molecule has 0 aliphatic carbocycles. The van der Waals surface area contributed by atoms with Crippen molar-refractivity contribution in [1.82, 2.24) is 4.90 Å². The third-order valence-corrected chi connectivity index (χ3v) is 1.81. The van der Waals surface area contributed by atoms with Crippen LogP contribution in [0.5, 0.6) is 0 Å². The van der Waals surface area contributed by atoms with E-state index in [0.29, 0.717) is 0 Å². The molecule has 0 aromatic heterocycles. The van der Waals surface area contributed by atoms with Crippen molar-refractivity contribution < 1.29 is 0 Å². The van der Waals surface area contributed by atoms with Gasteiger partial charge in [-0.3, -0.25) is 4.90 Å². The fraction of sp³-hybridized carbons (Fsp3) is 1.00. The van der Waals surface area contributed by atoms with Crippen molar-refractivity contribution in [3.8, 4) is 0 Å². The van der Waals surface area contributed by atoms with Crippen molar-refractivity contribution in [2.45, 2.75) is 18.9 Å². The summed E-state index contributed by atoms with van der Waals surface area (Å²) in [7, 11) is 0. The van der Waals surface area contributed by atoms with Crippen molar-refractivity contribution >= 4 is 0 Å². The van der Waals surface area contributed by atoms with Crippen LogP contribution in [0.3, 0.4) is 0 Å². The highest BCUT2D eigenvalue weighted by molar-refractivity contribution is 4.94. The van der Waals surface area contributed by atoms with Crippen molar-refractivity contribution in [1.29, 1.82) is 0 Å². The fourth-order valence-electron chi connectivity index (χ4n) is 1.30. The summed E-state index contributed by atoms with van der Waals surface area (Å²) < 4.78 is 0. The van der Waals surface area contributed by atoms with Gasteiger partial charge in [0.1, 0.15) is 0 Å². The Morgan fingerprint density at radius 3 is 2.67 bits per heavy atom. The minimum absolute atomic E-state index is 1.05. The van der Waals surface area contributed by atoms with E-state index in [2.05, 4.69) is 4.90 Å². The Labute approximate surface area is 37.9 Å². The molecule has 1 heteroatoms. The largest absolute Gasteiger partial charge is 0.298 e. The molecule has 1 nitrogen and oxygen atoms in total. The highest BCUT2D eigenvalue weighted by Gasteiger charge is 2.37. The van der Waals surface area contributed by atoms with Crippen molar-refractivity contribution in [3.63, 3.8) is 0 Å². The van der Waals surface area contributed by atoms with E-state index in [1.807, 2.05) is 0 Å². The summed E-state index contributed by atoms with van der Waals surface area (Å²) >= 11 is 0. The quantitative estimate of drug-likeness (QED) is 0.384. The van der Waals surface area contributed by atoms with E-state index >= 15 is 0 Å². The van der Waals surface area contributed by atoms with Gasteiger partial charge < -0.3 is 0 Å². The summed E-state index contributed by atoms with van der Waals surface area (Å²) in [5.41, 5.74) is 0. The highest BCUT2D eigenvalue weighted by atomic mass is 15.3. The van der Waals surface area contributed by atoms with Gasteiger partial charge in [0, 0.05) is 12.6 Å². The fourth-order valence-corrected chi connectivity index (χ4v) is 1.30. The molecule has 0 saturated carbocycles. The number of hydrogen-bond donors (Lipinski definition) is 0. The van der Waals surface area contributed by atoms with Gasteiger partial charge >= 0.3 is 0 Å². The Morgan fingerprint density at radius 1 is 1.50 bits per heavy atom. The van der Waals surface area contributed by atoms with Gasteiger partial charge in [0.25, 0.3) is 0 Å². The molecule has 0 N–H and O–H groups in total. The summed E-state index contributed by atoms with van der Waals surface area (Å²) in [6.07, 6.45) is 2.95. The lowest BCUT2D eigenvalue weighted by atomic mass is 10.3. The van der Waals surface area contributed by atoms with E-state index in [1.165, 1.54) is 25.9 Å². The maximum Gasteiger partial charge on any atom is 0.0224 e. The minimum atomic E-state index is 1.05. The van der Waals surface area contributed by atoms with E-state index in [0.717, 1.165) is 6.04 Å². The van der Waals surface area contributed by atoms with Crippen LogP contribution in [0.15, 0.2) is 0 Å². The van der Waals surface area contributed by atoms with Gasteiger partial charge in [-0.05, 0) is 19.4 Å². The van der Waals surface area contributed by atoms with Crippen LogP contribution in [-0.2, 0) is 0 Å². The third-order valence-electron chi connectivity index (χ3n) is 1.81. The maximum absolute atomic E-state index is 2.53. The summed E-state index contributed by atoms with van der Waals surface area (Å²) in [4.78, 5) is 2.53. The van der Waals surface area contributed by atoms with Crippen molar-refractivity contribution in [2.24, 2.45) is 0 Å². The predicted molar refractivity (Wildman–Crippen MR) is 24.6 cm³/mol. The monoisotopic (exact) mass is 83.1 g/mol. The Hall–Kier alpha value is -0.0400. The van der Waals surface area contributed by atoms with Crippen LogP contribution in [0.1, 0.15) is 12.8 Å². The summed E-state index contributed by atoms with van der Waals surface area (Å²) in [6.45, 7) is 2.81. The number of rotatable bonds is 0. The molecular weight excluding hydrogens is 74.1 g/mol. The van der Waals surface area contributed by atoms with E-state index < -0.39 is 0 Å². The van der Waals surface area contributed by atoms with Crippen LogP contribution in [0.25, 0.3) is 0 Å². The molecule has 2 rings (SSSR count). The normalized spacial score (nSPS) is 52.0. The maximum atomic E-state index is 2.53. The average Bonchev–Trinajstić information content (AvgIpc) is 2.17. The molecule has 0 amide bonds. The van der Waals surface area contributed by atoms with Gasteiger partial charge in [-0.25, -0.2) is 0 Å². The summed E-state index contributed by atoms with van der Waals surface area (Å²) in [6, 6.07) is 1.05. The Kier molecular flexibility index (Phi) is 0.396. The standard InChI is InChI=1S/C5H9N/c1-2-5-4-6(5)3-1/h5H,1-4H2/t5-,6?/m0/s1. The molecule has 0 aromatic rings. The van der Waals surface area contributed by atoms with Crippen molar-refractivity contribution in [2.75, 3.05) is 13.1 Å². The molecule has 2 atom stereocenters. The van der Waals surface area contributed by atoms with Crippen molar-refractivity contribution in [3.05, 3.63) is 0 Å². The molecular formula is C5H9N. The summed E-state index contributed by atoms with van der Waals surface area (Å²) in [5, 5.41) is 0. The second-order valence-corrected chi connectivity index (χ2v) is 2.29. The zero-order chi connectivity index (χ0) is 3.98. The molecule has 0 spiro atoms. The Morgan fingerprint density at radius 2 is 2.50 bits per heavy atom. The molecule has 2 fully saturated rings. The Bertz CT molecular complexity index is 62.3. The van der Waals surface area contributed by atoms with Gasteiger partial charge in [0.05, 0.1) is 0 Å². The van der Waals surface area contributed by atoms with Gasteiger partial charge in [0.2, 0.25) is 0 Å². The first-order valence-electron chi connectivity index (χ1n) is 2.71. The first-order valence-corrected chi connectivity index (χ1v) is 2.71. The lowest BCUT2D eigenvalue weighted by Gasteiger charge is -1.83. The smallest absolute Gasteiger partial charge is 0.0224 e. The van der Waals surface area contributed by atoms with E-state index in [-0.39, 0.29) is 0 Å².